The SMILES string of the molecule is CC1=CC(=O)C(C(c2cccc(Cl)c2)N2CCN(c3ccccc3)CC2)C(=O)N1Cc1ccco1. The molecule has 0 N–H and O–H groups in total. The molecule has 5 rings (SSSR count). The van der Waals surface area contributed by atoms with E-state index in [2.05, 4.69) is 21.9 Å². The van der Waals surface area contributed by atoms with Gasteiger partial charge in [-0.3, -0.25) is 14.5 Å². The van der Waals surface area contributed by atoms with Crippen molar-refractivity contribution in [1.82, 2.24) is 9.80 Å². The smallest absolute Gasteiger partial charge is 0.240 e. The molecule has 3 heterocycles. The maximum Gasteiger partial charge on any atom is 0.240 e. The van der Waals surface area contributed by atoms with Gasteiger partial charge in [-0.25, -0.2) is 0 Å². The van der Waals surface area contributed by atoms with Crippen molar-refractivity contribution in [3.63, 3.8) is 0 Å². The minimum atomic E-state index is -0.851. The summed E-state index contributed by atoms with van der Waals surface area (Å²) in [5, 5.41) is 0.588. The molecule has 0 spiro atoms. The number of ketones is 1. The maximum atomic E-state index is 13.9. The lowest BCUT2D eigenvalue weighted by Gasteiger charge is -2.44. The summed E-state index contributed by atoms with van der Waals surface area (Å²) in [7, 11) is 0. The summed E-state index contributed by atoms with van der Waals surface area (Å²) in [6.07, 6.45) is 3.18. The summed E-state index contributed by atoms with van der Waals surface area (Å²) >= 11 is 6.36. The van der Waals surface area contributed by atoms with Crippen LogP contribution in [0.1, 0.15) is 24.3 Å². The van der Waals surface area contributed by atoms with E-state index >= 15 is 0 Å². The minimum absolute atomic E-state index is 0.168. The van der Waals surface area contributed by atoms with Crippen LogP contribution in [0.4, 0.5) is 5.69 Å². The summed E-state index contributed by atoms with van der Waals surface area (Å²) < 4.78 is 5.49. The van der Waals surface area contributed by atoms with Gasteiger partial charge in [-0.1, -0.05) is 41.9 Å². The van der Waals surface area contributed by atoms with E-state index in [-0.39, 0.29) is 11.7 Å². The van der Waals surface area contributed by atoms with E-state index in [0.717, 1.165) is 31.7 Å². The molecule has 1 amide bonds. The standard InChI is InChI=1S/C28H28ClN3O3/c1-20-17-25(33)26(28(34)32(20)19-24-11-6-16-35-24)27(21-7-5-8-22(29)18-21)31-14-12-30(13-15-31)23-9-3-2-4-10-23/h2-11,16-18,26-27H,12-15,19H2,1H3. The molecular weight excluding hydrogens is 462 g/mol. The largest absolute Gasteiger partial charge is 0.467 e. The second kappa shape index (κ2) is 10.1. The third-order valence-electron chi connectivity index (χ3n) is 6.84. The van der Waals surface area contributed by atoms with Crippen LogP contribution in [0.15, 0.2) is 89.2 Å². The summed E-state index contributed by atoms with van der Waals surface area (Å²) in [5.41, 5.74) is 2.69. The summed E-state index contributed by atoms with van der Waals surface area (Å²) in [4.78, 5) is 33.5. The highest BCUT2D eigenvalue weighted by Crippen LogP contribution is 2.37. The molecule has 180 valence electrons. The first-order chi connectivity index (χ1) is 17.0. The number of furan rings is 1. The lowest BCUT2D eigenvalue weighted by molar-refractivity contribution is -0.144. The van der Waals surface area contributed by atoms with Gasteiger partial charge >= 0.3 is 0 Å². The van der Waals surface area contributed by atoms with Crippen molar-refractivity contribution in [2.45, 2.75) is 19.5 Å². The number of halogens is 1. The predicted octanol–water partition coefficient (Wildman–Crippen LogP) is 4.93. The van der Waals surface area contributed by atoms with E-state index in [4.69, 9.17) is 16.0 Å². The van der Waals surface area contributed by atoms with Crippen LogP contribution in [0, 0.1) is 5.92 Å². The molecule has 2 atom stereocenters. The topological polar surface area (TPSA) is 57.0 Å². The predicted molar refractivity (Wildman–Crippen MR) is 136 cm³/mol. The van der Waals surface area contributed by atoms with E-state index in [1.165, 1.54) is 5.69 Å². The number of para-hydroxylation sites is 1. The van der Waals surface area contributed by atoms with Gasteiger partial charge in [-0.15, -0.1) is 0 Å². The first-order valence-corrected chi connectivity index (χ1v) is 12.2. The number of anilines is 1. The van der Waals surface area contributed by atoms with Crippen LogP contribution in [0.3, 0.4) is 0 Å². The van der Waals surface area contributed by atoms with Crippen LogP contribution < -0.4 is 4.90 Å². The molecule has 2 aliphatic rings. The number of nitrogens with zero attached hydrogens (tertiary/aromatic N) is 3. The van der Waals surface area contributed by atoms with Gasteiger partial charge in [0.05, 0.1) is 18.8 Å². The third kappa shape index (κ3) is 4.90. The van der Waals surface area contributed by atoms with Crippen LogP contribution in [0.25, 0.3) is 0 Å². The Morgan fingerprint density at radius 2 is 1.74 bits per heavy atom. The Morgan fingerprint density at radius 1 is 0.971 bits per heavy atom. The molecule has 6 nitrogen and oxygen atoms in total. The number of piperazine rings is 1. The Hall–Kier alpha value is -3.35. The molecule has 2 aromatic carbocycles. The Labute approximate surface area is 210 Å². The second-order valence-corrected chi connectivity index (χ2v) is 9.46. The van der Waals surface area contributed by atoms with E-state index in [0.29, 0.717) is 23.0 Å². The van der Waals surface area contributed by atoms with Gasteiger partial charge in [0.25, 0.3) is 0 Å². The zero-order valence-corrected chi connectivity index (χ0v) is 20.4. The van der Waals surface area contributed by atoms with Crippen LogP contribution in [0.2, 0.25) is 5.02 Å². The quantitative estimate of drug-likeness (QED) is 0.460. The number of hydrogen-bond donors (Lipinski definition) is 0. The average molecular weight is 490 g/mol. The lowest BCUT2D eigenvalue weighted by atomic mass is 9.84. The molecule has 0 saturated carbocycles. The lowest BCUT2D eigenvalue weighted by Crippen LogP contribution is -2.53. The van der Waals surface area contributed by atoms with Gasteiger partial charge < -0.3 is 14.2 Å². The fourth-order valence-electron chi connectivity index (χ4n) is 5.09. The van der Waals surface area contributed by atoms with Gasteiger partial charge in [0.15, 0.2) is 5.78 Å². The monoisotopic (exact) mass is 489 g/mol. The fraction of sp³-hybridized carbons (Fsp3) is 0.286. The van der Waals surface area contributed by atoms with Crippen molar-refractivity contribution >= 4 is 29.0 Å². The van der Waals surface area contributed by atoms with E-state index in [9.17, 15) is 9.59 Å². The van der Waals surface area contributed by atoms with Gasteiger partial charge in [-0.2, -0.15) is 0 Å². The summed E-state index contributed by atoms with van der Waals surface area (Å²) in [6.45, 7) is 5.15. The first kappa shape index (κ1) is 23.4. The number of allylic oxidation sites excluding steroid dienone is 2. The fourth-order valence-corrected chi connectivity index (χ4v) is 5.29. The molecule has 0 bridgehead atoms. The van der Waals surface area contributed by atoms with Crippen LogP contribution in [-0.4, -0.2) is 47.7 Å². The Morgan fingerprint density at radius 3 is 2.43 bits per heavy atom. The summed E-state index contributed by atoms with van der Waals surface area (Å²) in [5.74, 6) is -0.550. The zero-order valence-electron chi connectivity index (χ0n) is 19.6. The van der Waals surface area contributed by atoms with Crippen molar-refractivity contribution in [3.8, 4) is 0 Å². The molecule has 0 aliphatic carbocycles. The number of carbonyl (C=O) groups is 2. The number of amides is 1. The normalized spacial score (nSPS) is 20.2. The van der Waals surface area contributed by atoms with Gasteiger partial charge in [0.2, 0.25) is 5.91 Å². The second-order valence-electron chi connectivity index (χ2n) is 9.03. The molecule has 1 saturated heterocycles. The minimum Gasteiger partial charge on any atom is -0.467 e. The van der Waals surface area contributed by atoms with E-state index < -0.39 is 12.0 Å². The molecule has 1 fully saturated rings. The van der Waals surface area contributed by atoms with Crippen molar-refractivity contribution in [2.24, 2.45) is 5.92 Å². The van der Waals surface area contributed by atoms with Gasteiger partial charge in [0, 0.05) is 48.7 Å². The molecule has 1 aromatic heterocycles. The molecular formula is C28H28ClN3O3. The summed E-state index contributed by atoms with van der Waals surface area (Å²) in [6, 6.07) is 21.1. The van der Waals surface area contributed by atoms with E-state index in [1.807, 2.05) is 48.5 Å². The molecule has 3 aromatic rings. The highest BCUT2D eigenvalue weighted by atomic mass is 35.5. The van der Waals surface area contributed by atoms with Crippen molar-refractivity contribution in [2.75, 3.05) is 31.1 Å². The number of carbonyl (C=O) groups excluding carboxylic acids is 2. The van der Waals surface area contributed by atoms with Crippen molar-refractivity contribution in [3.05, 3.63) is 101 Å². The van der Waals surface area contributed by atoms with Crippen molar-refractivity contribution < 1.29 is 14.0 Å². The van der Waals surface area contributed by atoms with Gasteiger partial charge in [-0.05, 0) is 48.9 Å². The highest BCUT2D eigenvalue weighted by Gasteiger charge is 2.44. The molecule has 35 heavy (non-hydrogen) atoms. The Kier molecular flexibility index (Phi) is 6.75. The van der Waals surface area contributed by atoms with Crippen LogP contribution in [-0.2, 0) is 16.1 Å². The molecule has 7 heteroatoms. The Bertz CT molecular complexity index is 1220. The maximum absolute atomic E-state index is 13.9. The van der Waals surface area contributed by atoms with Crippen molar-refractivity contribution in [1.29, 1.82) is 0 Å². The molecule has 0 radical (unpaired) electrons. The average Bonchev–Trinajstić information content (AvgIpc) is 3.38. The van der Waals surface area contributed by atoms with Crippen LogP contribution in [0.5, 0.6) is 0 Å². The number of benzene rings is 2. The van der Waals surface area contributed by atoms with Gasteiger partial charge in [0.1, 0.15) is 11.7 Å². The first-order valence-electron chi connectivity index (χ1n) is 11.9. The molecule has 2 unspecified atom stereocenters. The third-order valence-corrected chi connectivity index (χ3v) is 7.08. The highest BCUT2D eigenvalue weighted by molar-refractivity contribution is 6.30. The zero-order chi connectivity index (χ0) is 24.4. The number of rotatable bonds is 6. The van der Waals surface area contributed by atoms with E-state index in [1.54, 1.807) is 30.2 Å². The number of hydrogen-bond acceptors (Lipinski definition) is 5. The van der Waals surface area contributed by atoms with Crippen LogP contribution >= 0.6 is 11.6 Å². The molecule has 2 aliphatic heterocycles. The Balaban J connectivity index is 1.45.